The van der Waals surface area contributed by atoms with Crippen molar-refractivity contribution in [2.45, 2.75) is 26.7 Å². The van der Waals surface area contributed by atoms with Gasteiger partial charge in [-0.2, -0.15) is 0 Å². The van der Waals surface area contributed by atoms with Crippen LogP contribution in [0.15, 0.2) is 18.2 Å². The van der Waals surface area contributed by atoms with E-state index in [1.54, 1.807) is 19.1 Å². The highest BCUT2D eigenvalue weighted by Gasteiger charge is 2.09. The second-order valence-corrected chi connectivity index (χ2v) is 4.49. The molecule has 100 valence electrons. The van der Waals surface area contributed by atoms with Crippen LogP contribution in [0.5, 0.6) is 11.5 Å². The number of ketones is 1. The van der Waals surface area contributed by atoms with Gasteiger partial charge < -0.3 is 15.6 Å². The van der Waals surface area contributed by atoms with Gasteiger partial charge in [0.25, 0.3) is 0 Å². The van der Waals surface area contributed by atoms with Crippen molar-refractivity contribution >= 4 is 5.78 Å². The van der Waals surface area contributed by atoms with Crippen molar-refractivity contribution in [3.8, 4) is 11.5 Å². The lowest BCUT2D eigenvalue weighted by Crippen LogP contribution is -2.11. The highest BCUT2D eigenvalue weighted by atomic mass is 16.5. The number of phenols is 1. The van der Waals surface area contributed by atoms with Crippen LogP contribution in [0.1, 0.15) is 25.8 Å². The smallest absolute Gasteiger partial charge is 0.161 e. The second-order valence-electron chi connectivity index (χ2n) is 4.49. The van der Waals surface area contributed by atoms with Crippen LogP contribution in [-0.4, -0.2) is 24.0 Å². The summed E-state index contributed by atoms with van der Waals surface area (Å²) in [6.07, 6.45) is 1.59. The van der Waals surface area contributed by atoms with Gasteiger partial charge in [-0.25, -0.2) is 0 Å². The Balaban J connectivity index is 2.63. The van der Waals surface area contributed by atoms with Crippen LogP contribution in [0.2, 0.25) is 0 Å². The monoisotopic (exact) mass is 251 g/mol. The van der Waals surface area contributed by atoms with Crippen LogP contribution >= 0.6 is 0 Å². The largest absolute Gasteiger partial charge is 0.504 e. The van der Waals surface area contributed by atoms with Crippen molar-refractivity contribution in [3.05, 3.63) is 23.8 Å². The summed E-state index contributed by atoms with van der Waals surface area (Å²) in [5.41, 5.74) is 6.40. The molecular weight excluding hydrogens is 230 g/mol. The average molecular weight is 251 g/mol. The molecule has 0 bridgehead atoms. The summed E-state index contributed by atoms with van der Waals surface area (Å²) < 4.78 is 5.34. The first-order chi connectivity index (χ1) is 8.54. The zero-order valence-electron chi connectivity index (χ0n) is 11.0. The maximum atomic E-state index is 11.1. The molecule has 4 heteroatoms. The molecular formula is C14H21NO3. The molecule has 0 heterocycles. The molecule has 0 radical (unpaired) electrons. The number of aryl methyl sites for hydroxylation is 1. The van der Waals surface area contributed by atoms with Crippen LogP contribution < -0.4 is 10.5 Å². The molecule has 3 N–H and O–H groups in total. The molecule has 0 amide bonds. The molecule has 0 spiro atoms. The number of carbonyl (C=O) groups excluding carboxylic acids is 1. The zero-order valence-corrected chi connectivity index (χ0v) is 11.0. The molecule has 0 aromatic heterocycles. The standard InChI is InChI=1S/C14H21NO3/c1-10(11(2)16)3-4-12-5-6-13(17)14(9-12)18-8-7-15/h5-6,9-10,17H,3-4,7-8,15H2,1-2H3/t10-/m0/s1. The number of phenolic OH excluding ortho intramolecular Hbond substituents is 1. The predicted octanol–water partition coefficient (Wildman–Crippen LogP) is 1.89. The minimum Gasteiger partial charge on any atom is -0.504 e. The van der Waals surface area contributed by atoms with Gasteiger partial charge in [-0.3, -0.25) is 4.79 Å². The minimum absolute atomic E-state index is 0.0622. The van der Waals surface area contributed by atoms with Crippen LogP contribution in [-0.2, 0) is 11.2 Å². The summed E-state index contributed by atoms with van der Waals surface area (Å²) in [6, 6.07) is 5.26. The number of hydrogen-bond acceptors (Lipinski definition) is 4. The molecule has 18 heavy (non-hydrogen) atoms. The van der Waals surface area contributed by atoms with E-state index < -0.39 is 0 Å². The highest BCUT2D eigenvalue weighted by molar-refractivity contribution is 5.77. The van der Waals surface area contributed by atoms with E-state index in [9.17, 15) is 9.90 Å². The Hall–Kier alpha value is -1.55. The van der Waals surface area contributed by atoms with Crippen LogP contribution in [0.3, 0.4) is 0 Å². The van der Waals surface area contributed by atoms with E-state index in [-0.39, 0.29) is 17.5 Å². The van der Waals surface area contributed by atoms with E-state index in [0.717, 1.165) is 18.4 Å². The molecule has 4 nitrogen and oxygen atoms in total. The highest BCUT2D eigenvalue weighted by Crippen LogP contribution is 2.27. The number of hydrogen-bond donors (Lipinski definition) is 2. The fraction of sp³-hybridized carbons (Fsp3) is 0.500. The molecule has 0 saturated carbocycles. The first-order valence-electron chi connectivity index (χ1n) is 6.19. The Morgan fingerprint density at radius 3 is 2.83 bits per heavy atom. The van der Waals surface area contributed by atoms with E-state index in [2.05, 4.69) is 0 Å². The van der Waals surface area contributed by atoms with Crippen molar-refractivity contribution in [2.24, 2.45) is 11.7 Å². The lowest BCUT2D eigenvalue weighted by atomic mass is 9.98. The lowest BCUT2D eigenvalue weighted by molar-refractivity contribution is -0.120. The number of carbonyl (C=O) groups is 1. The number of ether oxygens (including phenoxy) is 1. The topological polar surface area (TPSA) is 72.5 Å². The zero-order chi connectivity index (χ0) is 13.5. The molecule has 1 atom stereocenters. The molecule has 0 fully saturated rings. The maximum absolute atomic E-state index is 11.1. The van der Waals surface area contributed by atoms with Gasteiger partial charge >= 0.3 is 0 Å². The van der Waals surface area contributed by atoms with Gasteiger partial charge in [0.15, 0.2) is 11.5 Å². The normalized spacial score (nSPS) is 12.2. The lowest BCUT2D eigenvalue weighted by Gasteiger charge is -2.10. The number of aromatic hydroxyl groups is 1. The van der Waals surface area contributed by atoms with Gasteiger partial charge in [0.1, 0.15) is 12.4 Å². The Morgan fingerprint density at radius 2 is 2.22 bits per heavy atom. The average Bonchev–Trinajstić information content (AvgIpc) is 2.35. The Kier molecular flexibility index (Phi) is 5.65. The van der Waals surface area contributed by atoms with Gasteiger partial charge in [0, 0.05) is 12.5 Å². The fourth-order valence-electron chi connectivity index (χ4n) is 1.58. The number of rotatable bonds is 7. The Labute approximate surface area is 108 Å². The molecule has 0 aliphatic rings. The van der Waals surface area contributed by atoms with Gasteiger partial charge in [-0.15, -0.1) is 0 Å². The van der Waals surface area contributed by atoms with Gasteiger partial charge in [0.05, 0.1) is 0 Å². The molecule has 1 aromatic carbocycles. The number of benzene rings is 1. The minimum atomic E-state index is 0.0622. The van der Waals surface area contributed by atoms with E-state index in [1.807, 2.05) is 13.0 Å². The molecule has 0 unspecified atom stereocenters. The predicted molar refractivity (Wildman–Crippen MR) is 70.8 cm³/mol. The van der Waals surface area contributed by atoms with E-state index in [4.69, 9.17) is 10.5 Å². The third-order valence-electron chi connectivity index (χ3n) is 2.96. The summed E-state index contributed by atoms with van der Waals surface area (Å²) >= 11 is 0. The SMILES string of the molecule is CC(=O)[C@@H](C)CCc1ccc(O)c(OCCN)c1. The molecule has 1 rings (SSSR count). The molecule has 0 aliphatic carbocycles. The third-order valence-corrected chi connectivity index (χ3v) is 2.96. The maximum Gasteiger partial charge on any atom is 0.161 e. The van der Waals surface area contributed by atoms with E-state index in [1.165, 1.54) is 0 Å². The summed E-state index contributed by atoms with van der Waals surface area (Å²) in [7, 11) is 0. The Morgan fingerprint density at radius 1 is 1.50 bits per heavy atom. The van der Waals surface area contributed by atoms with Crippen molar-refractivity contribution in [2.75, 3.05) is 13.2 Å². The quantitative estimate of drug-likeness (QED) is 0.776. The number of nitrogens with two attached hydrogens (primary N) is 1. The fourth-order valence-corrected chi connectivity index (χ4v) is 1.58. The van der Waals surface area contributed by atoms with Crippen LogP contribution in [0.25, 0.3) is 0 Å². The molecule has 0 aliphatic heterocycles. The first-order valence-corrected chi connectivity index (χ1v) is 6.19. The van der Waals surface area contributed by atoms with Gasteiger partial charge in [0.2, 0.25) is 0 Å². The second kappa shape index (κ2) is 7.01. The summed E-state index contributed by atoms with van der Waals surface area (Å²) in [5, 5.41) is 9.61. The molecule has 0 saturated heterocycles. The van der Waals surface area contributed by atoms with E-state index >= 15 is 0 Å². The van der Waals surface area contributed by atoms with Crippen molar-refractivity contribution in [3.63, 3.8) is 0 Å². The van der Waals surface area contributed by atoms with Crippen molar-refractivity contribution in [1.29, 1.82) is 0 Å². The molecule has 1 aromatic rings. The van der Waals surface area contributed by atoms with Crippen molar-refractivity contribution in [1.82, 2.24) is 0 Å². The van der Waals surface area contributed by atoms with Crippen LogP contribution in [0.4, 0.5) is 0 Å². The summed E-state index contributed by atoms with van der Waals surface area (Å²) in [6.45, 7) is 4.32. The first kappa shape index (κ1) is 14.5. The van der Waals surface area contributed by atoms with E-state index in [0.29, 0.717) is 18.9 Å². The summed E-state index contributed by atoms with van der Waals surface area (Å²) in [5.74, 6) is 0.834. The van der Waals surface area contributed by atoms with Crippen LogP contribution in [0, 0.1) is 5.92 Å². The third kappa shape index (κ3) is 4.37. The Bertz CT molecular complexity index is 404. The van der Waals surface area contributed by atoms with Gasteiger partial charge in [-0.1, -0.05) is 13.0 Å². The number of Topliss-reactive ketones (excluding diaryl/α,β-unsaturated/α-hetero) is 1. The van der Waals surface area contributed by atoms with Crippen molar-refractivity contribution < 1.29 is 14.6 Å². The summed E-state index contributed by atoms with van der Waals surface area (Å²) in [4.78, 5) is 11.1. The van der Waals surface area contributed by atoms with Gasteiger partial charge in [-0.05, 0) is 37.5 Å².